The van der Waals surface area contributed by atoms with Gasteiger partial charge in [0.25, 0.3) is 0 Å². The fourth-order valence-corrected chi connectivity index (χ4v) is 3.51. The van der Waals surface area contributed by atoms with Crippen molar-refractivity contribution in [3.8, 4) is 0 Å². The smallest absolute Gasteiger partial charge is 0.373 e. The van der Waals surface area contributed by atoms with E-state index in [1.807, 2.05) is 24.3 Å². The number of hydrogen-bond donors (Lipinski definition) is 0. The summed E-state index contributed by atoms with van der Waals surface area (Å²) in [4.78, 5) is 24.1. The second-order valence-corrected chi connectivity index (χ2v) is 6.75. The van der Waals surface area contributed by atoms with Crippen LogP contribution in [0.25, 0.3) is 6.08 Å². The lowest BCUT2D eigenvalue weighted by molar-refractivity contribution is -0.142. The molecule has 0 unspecified atom stereocenters. The number of halogens is 2. The quantitative estimate of drug-likeness (QED) is 0.654. The molecular weight excluding hydrogens is 432 g/mol. The van der Waals surface area contributed by atoms with E-state index in [9.17, 15) is 9.59 Å². The van der Waals surface area contributed by atoms with Gasteiger partial charge in [-0.1, -0.05) is 12.2 Å². The Hall–Kier alpha value is -1.60. The fourth-order valence-electron chi connectivity index (χ4n) is 2.79. The van der Waals surface area contributed by atoms with Crippen molar-refractivity contribution in [1.82, 2.24) is 0 Å². The van der Waals surface area contributed by atoms with Crippen molar-refractivity contribution in [2.45, 2.75) is 6.10 Å². The van der Waals surface area contributed by atoms with Gasteiger partial charge in [-0.25, -0.2) is 9.59 Å². The Kier molecular flexibility index (Phi) is 4.33. The molecule has 0 saturated carbocycles. The van der Waals surface area contributed by atoms with Gasteiger partial charge in [-0.05, 0) is 49.6 Å². The van der Waals surface area contributed by atoms with Gasteiger partial charge in [0.05, 0.1) is 25.7 Å². The van der Waals surface area contributed by atoms with Crippen molar-refractivity contribution in [3.63, 3.8) is 0 Å². The van der Waals surface area contributed by atoms with Gasteiger partial charge < -0.3 is 14.2 Å². The zero-order chi connectivity index (χ0) is 16.7. The van der Waals surface area contributed by atoms with E-state index >= 15 is 0 Å². The third-order valence-electron chi connectivity index (χ3n) is 3.84. The maximum absolute atomic E-state index is 12.1. The molecule has 2 atom stereocenters. The predicted octanol–water partition coefficient (Wildman–Crippen LogP) is 3.53. The van der Waals surface area contributed by atoms with E-state index in [2.05, 4.69) is 31.9 Å². The topological polar surface area (TPSA) is 61.8 Å². The van der Waals surface area contributed by atoms with Crippen molar-refractivity contribution >= 4 is 49.9 Å². The Morgan fingerprint density at radius 3 is 2.39 bits per heavy atom. The summed E-state index contributed by atoms with van der Waals surface area (Å²) in [6.07, 6.45) is 3.28. The van der Waals surface area contributed by atoms with Crippen LogP contribution < -0.4 is 0 Å². The highest BCUT2D eigenvalue weighted by Gasteiger charge is 2.45. The molecule has 1 heterocycles. The number of rotatable bonds is 2. The lowest BCUT2D eigenvalue weighted by atomic mass is 9.83. The minimum absolute atomic E-state index is 0.0918. The van der Waals surface area contributed by atoms with Crippen LogP contribution in [0.1, 0.15) is 17.2 Å². The molecule has 0 fully saturated rings. The summed E-state index contributed by atoms with van der Waals surface area (Å²) in [6, 6.07) is 3.86. The number of carbonyl (C=O) groups excluding carboxylic acids is 2. The largest absolute Gasteiger partial charge is 0.477 e. The monoisotopic (exact) mass is 442 g/mol. The van der Waals surface area contributed by atoms with E-state index in [-0.39, 0.29) is 11.3 Å². The number of carbonyl (C=O) groups is 2. The summed E-state index contributed by atoms with van der Waals surface area (Å²) in [7, 11) is 2.51. The summed E-state index contributed by atoms with van der Waals surface area (Å²) < 4.78 is 17.1. The highest BCUT2D eigenvalue weighted by Crippen LogP contribution is 2.48. The Morgan fingerprint density at radius 2 is 1.74 bits per heavy atom. The first-order valence-corrected chi connectivity index (χ1v) is 8.31. The highest BCUT2D eigenvalue weighted by atomic mass is 79.9. The maximum Gasteiger partial charge on any atom is 0.373 e. The van der Waals surface area contributed by atoms with E-state index < -0.39 is 24.0 Å². The van der Waals surface area contributed by atoms with Gasteiger partial charge in [-0.2, -0.15) is 0 Å². The van der Waals surface area contributed by atoms with Gasteiger partial charge in [0.15, 0.2) is 0 Å². The SMILES string of the molecule is COC(=O)C1=C(C(=O)OC)[C@H]2C=Cc3cc(Br)c(Br)cc3[C@H]2O1. The predicted molar refractivity (Wildman–Crippen MR) is 89.2 cm³/mol. The molecule has 0 radical (unpaired) electrons. The Bertz CT molecular complexity index is 766. The van der Waals surface area contributed by atoms with Gasteiger partial charge in [0.2, 0.25) is 5.76 Å². The molecule has 3 rings (SSSR count). The lowest BCUT2D eigenvalue weighted by Crippen LogP contribution is -2.18. The van der Waals surface area contributed by atoms with Gasteiger partial charge in [0, 0.05) is 14.5 Å². The van der Waals surface area contributed by atoms with Crippen molar-refractivity contribution in [3.05, 3.63) is 49.6 Å². The first-order chi connectivity index (χ1) is 11.0. The van der Waals surface area contributed by atoms with Crippen molar-refractivity contribution in [1.29, 1.82) is 0 Å². The summed E-state index contributed by atoms with van der Waals surface area (Å²) in [6.45, 7) is 0. The zero-order valence-corrected chi connectivity index (χ0v) is 15.4. The summed E-state index contributed by atoms with van der Waals surface area (Å²) in [5.74, 6) is -1.77. The molecule has 1 aromatic carbocycles. The number of esters is 2. The molecule has 0 N–H and O–H groups in total. The normalized spacial score (nSPS) is 21.4. The van der Waals surface area contributed by atoms with Crippen LogP contribution in [0.3, 0.4) is 0 Å². The fraction of sp³-hybridized carbons (Fsp3) is 0.250. The van der Waals surface area contributed by atoms with Gasteiger partial charge in [-0.3, -0.25) is 0 Å². The first kappa shape index (κ1) is 16.3. The van der Waals surface area contributed by atoms with E-state index in [1.165, 1.54) is 14.2 Å². The molecule has 120 valence electrons. The minimum atomic E-state index is -0.689. The maximum atomic E-state index is 12.1. The number of methoxy groups -OCH3 is 2. The standard InChI is InChI=1S/C16H12Br2O5/c1-21-15(19)12-8-4-3-7-5-10(17)11(18)6-9(7)13(8)23-14(12)16(20)22-2/h3-6,8,13H,1-2H3/t8-,13+/m1/s1. The molecule has 0 spiro atoms. The summed E-state index contributed by atoms with van der Waals surface area (Å²) in [5, 5.41) is 0. The first-order valence-electron chi connectivity index (χ1n) is 6.72. The zero-order valence-electron chi connectivity index (χ0n) is 12.3. The lowest BCUT2D eigenvalue weighted by Gasteiger charge is -2.24. The van der Waals surface area contributed by atoms with Crippen LogP contribution in [0.4, 0.5) is 0 Å². The summed E-state index contributed by atoms with van der Waals surface area (Å²) in [5.41, 5.74) is 2.02. The van der Waals surface area contributed by atoms with Crippen LogP contribution in [0.2, 0.25) is 0 Å². The Balaban J connectivity index is 2.10. The molecule has 1 aliphatic carbocycles. The average Bonchev–Trinajstić information content (AvgIpc) is 2.94. The van der Waals surface area contributed by atoms with E-state index in [1.54, 1.807) is 0 Å². The van der Waals surface area contributed by atoms with Crippen LogP contribution in [0, 0.1) is 5.92 Å². The van der Waals surface area contributed by atoms with Crippen molar-refractivity contribution < 1.29 is 23.8 Å². The van der Waals surface area contributed by atoms with Crippen LogP contribution in [-0.2, 0) is 23.8 Å². The van der Waals surface area contributed by atoms with Crippen molar-refractivity contribution in [2.75, 3.05) is 14.2 Å². The van der Waals surface area contributed by atoms with Crippen LogP contribution in [-0.4, -0.2) is 26.2 Å². The van der Waals surface area contributed by atoms with E-state index in [0.29, 0.717) is 0 Å². The third-order valence-corrected chi connectivity index (χ3v) is 5.68. The molecule has 0 bridgehead atoms. The van der Waals surface area contributed by atoms with Gasteiger partial charge in [0.1, 0.15) is 6.10 Å². The Morgan fingerprint density at radius 1 is 1.09 bits per heavy atom. The number of hydrogen-bond acceptors (Lipinski definition) is 5. The van der Waals surface area contributed by atoms with Crippen LogP contribution in [0.5, 0.6) is 0 Å². The molecule has 7 heteroatoms. The molecule has 5 nitrogen and oxygen atoms in total. The molecule has 1 aliphatic heterocycles. The van der Waals surface area contributed by atoms with E-state index in [4.69, 9.17) is 14.2 Å². The summed E-state index contributed by atoms with van der Waals surface area (Å²) >= 11 is 6.92. The average molecular weight is 444 g/mol. The molecule has 23 heavy (non-hydrogen) atoms. The van der Waals surface area contributed by atoms with E-state index in [0.717, 1.165) is 20.1 Å². The van der Waals surface area contributed by atoms with Crippen LogP contribution in [0.15, 0.2) is 38.5 Å². The highest BCUT2D eigenvalue weighted by molar-refractivity contribution is 9.13. The van der Waals surface area contributed by atoms with Gasteiger partial charge >= 0.3 is 11.9 Å². The molecular formula is C16H12Br2O5. The second kappa shape index (κ2) is 6.13. The van der Waals surface area contributed by atoms with Crippen molar-refractivity contribution in [2.24, 2.45) is 5.92 Å². The number of benzene rings is 1. The molecule has 0 saturated heterocycles. The molecule has 2 aliphatic rings. The molecule has 0 aromatic heterocycles. The molecule has 0 amide bonds. The number of fused-ring (bicyclic) bond motifs is 3. The minimum Gasteiger partial charge on any atom is -0.477 e. The number of ether oxygens (including phenoxy) is 3. The second-order valence-electron chi connectivity index (χ2n) is 5.04. The molecule has 1 aromatic rings. The Labute approximate surface area is 149 Å². The third kappa shape index (κ3) is 2.61. The van der Waals surface area contributed by atoms with Crippen LogP contribution >= 0.6 is 31.9 Å². The van der Waals surface area contributed by atoms with Gasteiger partial charge in [-0.15, -0.1) is 0 Å².